The quantitative estimate of drug-likeness (QED) is 0.314. The molecule has 0 aliphatic carbocycles. The first-order valence-corrected chi connectivity index (χ1v) is 14.3. The Hall–Kier alpha value is -3.61. The molecule has 0 radical (unpaired) electrons. The molecule has 2 saturated heterocycles. The van der Waals surface area contributed by atoms with Crippen LogP contribution in [-0.2, 0) is 6.42 Å². The summed E-state index contributed by atoms with van der Waals surface area (Å²) in [6, 6.07) is 21.1. The van der Waals surface area contributed by atoms with Gasteiger partial charge in [-0.25, -0.2) is 4.79 Å². The number of hydrogen-bond acceptors (Lipinski definition) is 4. The van der Waals surface area contributed by atoms with E-state index in [0.29, 0.717) is 12.6 Å². The summed E-state index contributed by atoms with van der Waals surface area (Å²) in [6.07, 6.45) is 5.24. The van der Waals surface area contributed by atoms with E-state index >= 15 is 0 Å². The molecule has 2 amide bonds. The summed E-state index contributed by atoms with van der Waals surface area (Å²) in [5, 5.41) is 6.10. The number of hydrogen-bond donors (Lipinski definition) is 1. The molecular formula is C32H32ClN5O. The van der Waals surface area contributed by atoms with Crippen molar-refractivity contribution >= 4 is 45.5 Å². The first kappa shape index (κ1) is 24.4. The number of piperazine rings is 1. The van der Waals surface area contributed by atoms with E-state index in [9.17, 15) is 4.79 Å². The van der Waals surface area contributed by atoms with E-state index in [1.165, 1.54) is 19.4 Å². The SMILES string of the molecule is Cc1ccc(-c2cccc3c(NC(=O)N4CCc5cc(Cl)c(N6CCN7CCC[C@H]7C6)cc54)cccc23)cn1. The number of fused-ring (bicyclic) bond motifs is 3. The Bertz CT molecular complexity index is 1570. The van der Waals surface area contributed by atoms with Gasteiger partial charge in [0.15, 0.2) is 0 Å². The minimum Gasteiger partial charge on any atom is -0.367 e. The van der Waals surface area contributed by atoms with Gasteiger partial charge in [-0.1, -0.05) is 48.0 Å². The highest BCUT2D eigenvalue weighted by molar-refractivity contribution is 6.33. The number of benzene rings is 3. The Morgan fingerprint density at radius 1 is 0.974 bits per heavy atom. The lowest BCUT2D eigenvalue weighted by molar-refractivity contribution is 0.231. The maximum absolute atomic E-state index is 13.7. The summed E-state index contributed by atoms with van der Waals surface area (Å²) >= 11 is 6.80. The number of aryl methyl sites for hydroxylation is 1. The predicted molar refractivity (Wildman–Crippen MR) is 160 cm³/mol. The molecule has 0 bridgehead atoms. The van der Waals surface area contributed by atoms with Gasteiger partial charge in [-0.2, -0.15) is 0 Å². The van der Waals surface area contributed by atoms with Crippen molar-refractivity contribution in [2.75, 3.05) is 47.8 Å². The summed E-state index contributed by atoms with van der Waals surface area (Å²) in [4.78, 5) is 25.0. The number of carbonyl (C=O) groups is 1. The van der Waals surface area contributed by atoms with E-state index in [2.05, 4.69) is 56.5 Å². The van der Waals surface area contributed by atoms with Crippen molar-refractivity contribution in [3.05, 3.63) is 83.1 Å². The lowest BCUT2D eigenvalue weighted by Gasteiger charge is -2.39. The van der Waals surface area contributed by atoms with E-state index in [1.807, 2.05) is 42.3 Å². The maximum atomic E-state index is 13.7. The number of urea groups is 1. The van der Waals surface area contributed by atoms with Crippen molar-refractivity contribution in [1.82, 2.24) is 9.88 Å². The predicted octanol–water partition coefficient (Wildman–Crippen LogP) is 6.74. The van der Waals surface area contributed by atoms with Gasteiger partial charge in [0.05, 0.1) is 22.1 Å². The van der Waals surface area contributed by atoms with Crippen molar-refractivity contribution < 1.29 is 4.79 Å². The first-order valence-electron chi connectivity index (χ1n) is 13.9. The molecule has 6 nitrogen and oxygen atoms in total. The summed E-state index contributed by atoms with van der Waals surface area (Å²) in [7, 11) is 0. The zero-order valence-corrected chi connectivity index (χ0v) is 22.9. The van der Waals surface area contributed by atoms with Gasteiger partial charge >= 0.3 is 6.03 Å². The largest absolute Gasteiger partial charge is 0.367 e. The van der Waals surface area contributed by atoms with Crippen molar-refractivity contribution in [3.63, 3.8) is 0 Å². The van der Waals surface area contributed by atoms with Gasteiger partial charge in [0.25, 0.3) is 0 Å². The fourth-order valence-corrected chi connectivity index (χ4v) is 6.85. The minimum atomic E-state index is -0.113. The van der Waals surface area contributed by atoms with Crippen molar-refractivity contribution in [3.8, 4) is 11.1 Å². The van der Waals surface area contributed by atoms with Crippen LogP contribution in [0.15, 0.2) is 66.9 Å². The van der Waals surface area contributed by atoms with Crippen LogP contribution < -0.4 is 15.1 Å². The fraction of sp³-hybridized carbons (Fsp3) is 0.312. The normalized spacial score (nSPS) is 18.9. The van der Waals surface area contributed by atoms with Gasteiger partial charge in [-0.05, 0) is 73.5 Å². The number of pyridine rings is 1. The molecule has 1 atom stereocenters. The van der Waals surface area contributed by atoms with Crippen LogP contribution in [0.25, 0.3) is 21.9 Å². The Kier molecular flexibility index (Phi) is 6.17. The van der Waals surface area contributed by atoms with Crippen LogP contribution in [-0.4, -0.2) is 54.7 Å². The van der Waals surface area contributed by atoms with Gasteiger partial charge in [0.2, 0.25) is 0 Å². The highest BCUT2D eigenvalue weighted by Gasteiger charge is 2.33. The number of nitrogens with one attached hydrogen (secondary N) is 1. The number of halogens is 1. The molecule has 0 spiro atoms. The molecule has 3 aliphatic rings. The molecule has 2 fully saturated rings. The first-order chi connectivity index (χ1) is 19.0. The molecule has 1 N–H and O–H groups in total. The van der Waals surface area contributed by atoms with Crippen molar-refractivity contribution in [2.24, 2.45) is 0 Å². The van der Waals surface area contributed by atoms with E-state index in [4.69, 9.17) is 11.6 Å². The molecule has 198 valence electrons. The Labute approximate surface area is 234 Å². The second-order valence-corrected chi connectivity index (χ2v) is 11.3. The maximum Gasteiger partial charge on any atom is 0.326 e. The van der Waals surface area contributed by atoms with Gasteiger partial charge in [-0.3, -0.25) is 14.8 Å². The Balaban J connectivity index is 1.17. The topological polar surface area (TPSA) is 51.7 Å². The Morgan fingerprint density at radius 2 is 1.85 bits per heavy atom. The number of rotatable bonds is 3. The lowest BCUT2D eigenvalue weighted by Crippen LogP contribution is -2.50. The zero-order chi connectivity index (χ0) is 26.5. The number of amides is 2. The van der Waals surface area contributed by atoms with Crippen LogP contribution in [0, 0.1) is 6.92 Å². The average Bonchev–Trinajstić information content (AvgIpc) is 3.59. The summed E-state index contributed by atoms with van der Waals surface area (Å²) in [6.45, 7) is 6.88. The molecule has 0 saturated carbocycles. The van der Waals surface area contributed by atoms with Crippen LogP contribution in [0.2, 0.25) is 5.02 Å². The summed E-state index contributed by atoms with van der Waals surface area (Å²) < 4.78 is 0. The number of anilines is 3. The molecule has 7 heteroatoms. The molecule has 4 aromatic rings. The number of aromatic nitrogens is 1. The van der Waals surface area contributed by atoms with Crippen molar-refractivity contribution in [2.45, 2.75) is 32.2 Å². The zero-order valence-electron chi connectivity index (χ0n) is 22.2. The minimum absolute atomic E-state index is 0.113. The monoisotopic (exact) mass is 537 g/mol. The van der Waals surface area contributed by atoms with E-state index in [-0.39, 0.29) is 6.03 Å². The third kappa shape index (κ3) is 4.42. The Morgan fingerprint density at radius 3 is 2.72 bits per heavy atom. The highest BCUT2D eigenvalue weighted by atomic mass is 35.5. The molecule has 7 rings (SSSR count). The van der Waals surface area contributed by atoms with E-state index < -0.39 is 0 Å². The van der Waals surface area contributed by atoms with E-state index in [1.54, 1.807) is 0 Å². The molecule has 0 unspecified atom stereocenters. The lowest BCUT2D eigenvalue weighted by atomic mass is 9.98. The van der Waals surface area contributed by atoms with Gasteiger partial charge in [-0.15, -0.1) is 0 Å². The van der Waals surface area contributed by atoms with Crippen LogP contribution >= 0.6 is 11.6 Å². The smallest absolute Gasteiger partial charge is 0.326 e. The number of nitrogens with zero attached hydrogens (tertiary/aromatic N) is 4. The molecule has 3 aromatic carbocycles. The molecule has 4 heterocycles. The second-order valence-electron chi connectivity index (χ2n) is 10.9. The van der Waals surface area contributed by atoms with Crippen LogP contribution in [0.4, 0.5) is 21.9 Å². The van der Waals surface area contributed by atoms with Gasteiger partial charge in [0, 0.05) is 55.1 Å². The molecule has 39 heavy (non-hydrogen) atoms. The standard InChI is InChI=1S/C32H32ClN5O/c1-21-10-11-23(19-34-21)25-6-2-8-27-26(25)7-3-9-29(27)35-32(39)38-14-12-22-17-28(33)31(18-30(22)38)37-16-15-36-13-4-5-24(36)20-37/h2-3,6-11,17-19,24H,4-5,12-16,20H2,1H3,(H,35,39)/t24-/m0/s1. The van der Waals surface area contributed by atoms with Crippen molar-refractivity contribution in [1.29, 1.82) is 0 Å². The highest BCUT2D eigenvalue weighted by Crippen LogP contribution is 2.40. The number of carbonyl (C=O) groups excluding carboxylic acids is 1. The van der Waals surface area contributed by atoms with Gasteiger partial charge in [0.1, 0.15) is 0 Å². The average molecular weight is 538 g/mol. The second kappa shape index (κ2) is 9.85. The molecular weight excluding hydrogens is 506 g/mol. The van der Waals surface area contributed by atoms with Crippen LogP contribution in [0.1, 0.15) is 24.1 Å². The van der Waals surface area contributed by atoms with Crippen LogP contribution in [0.3, 0.4) is 0 Å². The summed E-state index contributed by atoms with van der Waals surface area (Å²) in [5.74, 6) is 0. The van der Waals surface area contributed by atoms with Gasteiger partial charge < -0.3 is 10.2 Å². The third-order valence-corrected chi connectivity index (χ3v) is 8.91. The third-order valence-electron chi connectivity index (χ3n) is 8.60. The molecule has 3 aliphatic heterocycles. The summed E-state index contributed by atoms with van der Waals surface area (Å²) in [5.41, 5.74) is 7.10. The van der Waals surface area contributed by atoms with E-state index in [0.717, 1.165) is 81.3 Å². The molecule has 1 aromatic heterocycles. The van der Waals surface area contributed by atoms with Crippen LogP contribution in [0.5, 0.6) is 0 Å². The fourth-order valence-electron chi connectivity index (χ4n) is 6.54.